The number of hydrogen-bond donors (Lipinski definition) is 0. The van der Waals surface area contributed by atoms with Gasteiger partial charge in [0.25, 0.3) is 0 Å². The predicted octanol–water partition coefficient (Wildman–Crippen LogP) is 3.72. The maximum Gasteiger partial charge on any atom is 0.119 e. The number of rotatable bonds is 3. The molecule has 94 valence electrons. The molecular formula is C15H11ClN2O. The minimum atomic E-state index is 0.384. The lowest BCUT2D eigenvalue weighted by Crippen LogP contribution is -1.88. The van der Waals surface area contributed by atoms with Crippen molar-refractivity contribution >= 4 is 22.2 Å². The molecule has 0 spiro atoms. The van der Waals surface area contributed by atoms with E-state index in [0.29, 0.717) is 21.9 Å². The Kier molecular flexibility index (Phi) is 4.17. The van der Waals surface area contributed by atoms with Crippen LogP contribution in [0.2, 0.25) is 0 Å². The molecule has 0 amide bonds. The number of nitriles is 1. The lowest BCUT2D eigenvalue weighted by molar-refractivity contribution is 0.414. The van der Waals surface area contributed by atoms with E-state index in [9.17, 15) is 5.26 Å². The second-order valence-corrected chi connectivity index (χ2v) is 4.15. The molecule has 0 radical (unpaired) electrons. The fraction of sp³-hybridized carbons (Fsp3) is 0.0667. The number of pyridine rings is 1. The molecular weight excluding hydrogens is 260 g/mol. The third-order valence-corrected chi connectivity index (χ3v) is 3.01. The number of methoxy groups -OCH3 is 1. The van der Waals surface area contributed by atoms with E-state index in [1.807, 2.05) is 18.2 Å². The zero-order valence-electron chi connectivity index (χ0n) is 10.3. The van der Waals surface area contributed by atoms with E-state index in [2.05, 4.69) is 11.1 Å². The Bertz CT molecular complexity index is 645. The largest absolute Gasteiger partial charge is 0.497 e. The number of nitrogens with zero attached hydrogens (tertiary/aromatic N) is 2. The minimum Gasteiger partial charge on any atom is -0.497 e. The first-order valence-electron chi connectivity index (χ1n) is 5.61. The number of allylic oxidation sites excluding steroid dienone is 1. The molecule has 3 nitrogen and oxygen atoms in total. The van der Waals surface area contributed by atoms with Crippen LogP contribution < -0.4 is 4.74 Å². The minimum absolute atomic E-state index is 0.384. The SMILES string of the molecule is COc1cccc(/C(Cl)=C(/C#N)c2cccnc2)c1. The van der Waals surface area contributed by atoms with Crippen molar-refractivity contribution in [1.29, 1.82) is 5.26 Å². The molecule has 19 heavy (non-hydrogen) atoms. The van der Waals surface area contributed by atoms with Gasteiger partial charge >= 0.3 is 0 Å². The Labute approximate surface area is 116 Å². The maximum absolute atomic E-state index is 9.29. The van der Waals surface area contributed by atoms with Gasteiger partial charge in [0, 0.05) is 18.0 Å². The third kappa shape index (κ3) is 2.93. The summed E-state index contributed by atoms with van der Waals surface area (Å²) in [7, 11) is 1.59. The van der Waals surface area contributed by atoms with Gasteiger partial charge in [-0.2, -0.15) is 5.26 Å². The summed E-state index contributed by atoms with van der Waals surface area (Å²) in [4.78, 5) is 3.99. The van der Waals surface area contributed by atoms with Crippen molar-refractivity contribution < 1.29 is 4.74 Å². The van der Waals surface area contributed by atoms with Crippen molar-refractivity contribution in [3.63, 3.8) is 0 Å². The Morgan fingerprint density at radius 2 is 2.05 bits per heavy atom. The van der Waals surface area contributed by atoms with Crippen LogP contribution in [0.15, 0.2) is 48.8 Å². The molecule has 0 atom stereocenters. The van der Waals surface area contributed by atoms with Gasteiger partial charge in [-0.05, 0) is 23.8 Å². The van der Waals surface area contributed by atoms with Gasteiger partial charge in [-0.3, -0.25) is 4.98 Å². The van der Waals surface area contributed by atoms with Crippen LogP contribution in [0.5, 0.6) is 5.75 Å². The number of aromatic nitrogens is 1. The van der Waals surface area contributed by atoms with E-state index >= 15 is 0 Å². The van der Waals surface area contributed by atoms with E-state index in [0.717, 1.165) is 5.56 Å². The highest BCUT2D eigenvalue weighted by atomic mass is 35.5. The van der Waals surface area contributed by atoms with Crippen LogP contribution in [-0.4, -0.2) is 12.1 Å². The number of halogens is 1. The summed E-state index contributed by atoms with van der Waals surface area (Å²) in [6, 6.07) is 13.0. The van der Waals surface area contributed by atoms with Crippen molar-refractivity contribution in [2.45, 2.75) is 0 Å². The second-order valence-electron chi connectivity index (χ2n) is 3.77. The smallest absolute Gasteiger partial charge is 0.119 e. The molecule has 0 saturated carbocycles. The van der Waals surface area contributed by atoms with Gasteiger partial charge < -0.3 is 4.74 Å². The molecule has 0 fully saturated rings. The first kappa shape index (κ1) is 13.1. The Morgan fingerprint density at radius 1 is 1.26 bits per heavy atom. The normalized spacial score (nSPS) is 11.4. The van der Waals surface area contributed by atoms with Gasteiger partial charge in [0.15, 0.2) is 0 Å². The Hall–Kier alpha value is -2.31. The summed E-state index contributed by atoms with van der Waals surface area (Å²) in [5.74, 6) is 0.694. The average Bonchev–Trinajstić information content (AvgIpc) is 2.49. The van der Waals surface area contributed by atoms with Crippen molar-refractivity contribution in [2.24, 2.45) is 0 Å². The lowest BCUT2D eigenvalue weighted by Gasteiger charge is -2.06. The predicted molar refractivity (Wildman–Crippen MR) is 75.5 cm³/mol. The molecule has 0 N–H and O–H groups in total. The maximum atomic E-state index is 9.29. The van der Waals surface area contributed by atoms with Gasteiger partial charge in [-0.25, -0.2) is 0 Å². The molecule has 2 rings (SSSR count). The van der Waals surface area contributed by atoms with E-state index in [1.165, 1.54) is 0 Å². The quantitative estimate of drug-likeness (QED) is 0.799. The van der Waals surface area contributed by atoms with Crippen molar-refractivity contribution in [3.05, 3.63) is 59.9 Å². The van der Waals surface area contributed by atoms with Gasteiger partial charge in [0.05, 0.1) is 17.7 Å². The number of hydrogen-bond acceptors (Lipinski definition) is 3. The highest BCUT2D eigenvalue weighted by Crippen LogP contribution is 2.30. The van der Waals surface area contributed by atoms with Crippen LogP contribution in [0.4, 0.5) is 0 Å². The lowest BCUT2D eigenvalue weighted by atomic mass is 10.1. The third-order valence-electron chi connectivity index (χ3n) is 2.60. The fourth-order valence-corrected chi connectivity index (χ4v) is 1.92. The average molecular weight is 271 g/mol. The molecule has 1 aromatic heterocycles. The first-order chi connectivity index (χ1) is 9.26. The highest BCUT2D eigenvalue weighted by Gasteiger charge is 2.10. The molecule has 1 heterocycles. The highest BCUT2D eigenvalue weighted by molar-refractivity contribution is 6.53. The van der Waals surface area contributed by atoms with E-state index < -0.39 is 0 Å². The Morgan fingerprint density at radius 3 is 2.68 bits per heavy atom. The zero-order valence-corrected chi connectivity index (χ0v) is 11.1. The van der Waals surface area contributed by atoms with E-state index in [4.69, 9.17) is 16.3 Å². The molecule has 0 bridgehead atoms. The summed E-state index contributed by atoms with van der Waals surface area (Å²) in [6.45, 7) is 0. The standard InChI is InChI=1S/C15H11ClN2O/c1-19-13-6-2-4-11(8-13)15(16)14(9-17)12-5-3-7-18-10-12/h2-8,10H,1H3/b15-14+. The molecule has 2 aromatic rings. The molecule has 0 saturated heterocycles. The summed E-state index contributed by atoms with van der Waals surface area (Å²) >= 11 is 6.31. The van der Waals surface area contributed by atoms with E-state index in [-0.39, 0.29) is 0 Å². The second kappa shape index (κ2) is 6.03. The topological polar surface area (TPSA) is 45.9 Å². The van der Waals surface area contributed by atoms with Crippen molar-refractivity contribution in [1.82, 2.24) is 4.98 Å². The summed E-state index contributed by atoms with van der Waals surface area (Å²) in [5, 5.41) is 9.67. The summed E-state index contributed by atoms with van der Waals surface area (Å²) in [6.07, 6.45) is 3.26. The van der Waals surface area contributed by atoms with Crippen LogP contribution in [-0.2, 0) is 0 Å². The van der Waals surface area contributed by atoms with Crippen LogP contribution in [0.1, 0.15) is 11.1 Å². The molecule has 0 unspecified atom stereocenters. The van der Waals surface area contributed by atoms with Crippen molar-refractivity contribution in [3.8, 4) is 11.8 Å². The molecule has 0 aliphatic rings. The van der Waals surface area contributed by atoms with Crippen LogP contribution in [0, 0.1) is 11.3 Å². The molecule has 0 aliphatic carbocycles. The molecule has 0 aliphatic heterocycles. The van der Waals surface area contributed by atoms with Crippen LogP contribution in [0.25, 0.3) is 10.6 Å². The van der Waals surface area contributed by atoms with Crippen LogP contribution >= 0.6 is 11.6 Å². The molecule has 1 aromatic carbocycles. The summed E-state index contributed by atoms with van der Waals surface area (Å²) in [5.41, 5.74) is 1.82. The van der Waals surface area contributed by atoms with Gasteiger partial charge in [0.1, 0.15) is 11.8 Å². The van der Waals surface area contributed by atoms with E-state index in [1.54, 1.807) is 37.7 Å². The summed E-state index contributed by atoms with van der Waals surface area (Å²) < 4.78 is 5.15. The fourth-order valence-electron chi connectivity index (χ4n) is 1.65. The first-order valence-corrected chi connectivity index (χ1v) is 5.98. The monoisotopic (exact) mass is 270 g/mol. The van der Waals surface area contributed by atoms with Gasteiger partial charge in [-0.15, -0.1) is 0 Å². The zero-order chi connectivity index (χ0) is 13.7. The molecule has 4 heteroatoms. The number of benzene rings is 1. The van der Waals surface area contributed by atoms with Gasteiger partial charge in [0.2, 0.25) is 0 Å². The van der Waals surface area contributed by atoms with Crippen LogP contribution in [0.3, 0.4) is 0 Å². The Balaban J connectivity index is 2.52. The van der Waals surface area contributed by atoms with Gasteiger partial charge in [-0.1, -0.05) is 29.8 Å². The number of ether oxygens (including phenoxy) is 1. The van der Waals surface area contributed by atoms with Crippen molar-refractivity contribution in [2.75, 3.05) is 7.11 Å².